The highest BCUT2D eigenvalue weighted by atomic mass is 16.5. The van der Waals surface area contributed by atoms with Gasteiger partial charge in [-0.1, -0.05) is 29.4 Å². The van der Waals surface area contributed by atoms with Gasteiger partial charge in [0.25, 0.3) is 0 Å². The van der Waals surface area contributed by atoms with Gasteiger partial charge in [-0.15, -0.1) is 0 Å². The minimum Gasteiger partial charge on any atom is -0.338 e. The van der Waals surface area contributed by atoms with Crippen molar-refractivity contribution < 1.29 is 4.52 Å². The maximum absolute atomic E-state index is 5.35. The molecule has 0 spiro atoms. The summed E-state index contributed by atoms with van der Waals surface area (Å²) in [7, 11) is 0. The molecule has 0 unspecified atom stereocenters. The second-order valence-corrected chi connectivity index (χ2v) is 4.85. The Labute approximate surface area is 112 Å². The largest absolute Gasteiger partial charge is 0.338 e. The van der Waals surface area contributed by atoms with Crippen LogP contribution in [0.4, 0.5) is 0 Å². The average Bonchev–Trinajstić information content (AvgIpc) is 2.89. The summed E-state index contributed by atoms with van der Waals surface area (Å²) >= 11 is 0. The normalized spacial score (nSPS) is 16.7. The summed E-state index contributed by atoms with van der Waals surface area (Å²) in [6.45, 7) is 6.91. The van der Waals surface area contributed by atoms with Gasteiger partial charge in [0.05, 0.1) is 6.54 Å². The molecule has 1 aromatic heterocycles. The van der Waals surface area contributed by atoms with Crippen molar-refractivity contribution in [2.24, 2.45) is 0 Å². The van der Waals surface area contributed by atoms with Crippen molar-refractivity contribution in [1.82, 2.24) is 20.4 Å². The summed E-state index contributed by atoms with van der Waals surface area (Å²) in [5, 5.41) is 7.42. The molecule has 0 radical (unpaired) electrons. The number of aryl methyl sites for hydroxylation is 1. The van der Waals surface area contributed by atoms with Crippen molar-refractivity contribution in [3.8, 4) is 11.4 Å². The number of piperazine rings is 1. The Bertz CT molecular complexity index is 546. The third-order valence-corrected chi connectivity index (χ3v) is 3.42. The molecule has 0 amide bonds. The number of hydrogen-bond donors (Lipinski definition) is 1. The quantitative estimate of drug-likeness (QED) is 0.903. The van der Waals surface area contributed by atoms with Crippen LogP contribution in [0.25, 0.3) is 11.4 Å². The van der Waals surface area contributed by atoms with Crippen LogP contribution in [-0.2, 0) is 6.54 Å². The number of benzene rings is 1. The Kier molecular flexibility index (Phi) is 3.57. The molecule has 1 fully saturated rings. The first-order valence-corrected chi connectivity index (χ1v) is 6.64. The lowest BCUT2D eigenvalue weighted by Crippen LogP contribution is -2.42. The van der Waals surface area contributed by atoms with Gasteiger partial charge in [0.2, 0.25) is 11.7 Å². The minimum atomic E-state index is 0.684. The van der Waals surface area contributed by atoms with E-state index in [-0.39, 0.29) is 0 Å². The van der Waals surface area contributed by atoms with E-state index in [2.05, 4.69) is 33.3 Å². The first-order chi connectivity index (χ1) is 9.33. The SMILES string of the molecule is Cc1ccccc1-c1noc(CN2CCNCC2)n1. The summed E-state index contributed by atoms with van der Waals surface area (Å²) < 4.78 is 5.35. The highest BCUT2D eigenvalue weighted by molar-refractivity contribution is 5.58. The molecular weight excluding hydrogens is 240 g/mol. The smallest absolute Gasteiger partial charge is 0.241 e. The first kappa shape index (κ1) is 12.3. The standard InChI is InChI=1S/C14H18N4O/c1-11-4-2-3-5-12(11)14-16-13(19-17-14)10-18-8-6-15-7-9-18/h2-5,15H,6-10H2,1H3. The summed E-state index contributed by atoms with van der Waals surface area (Å²) in [5.74, 6) is 1.38. The van der Waals surface area contributed by atoms with E-state index in [1.165, 1.54) is 0 Å². The van der Waals surface area contributed by atoms with Gasteiger partial charge in [0.15, 0.2) is 0 Å². The van der Waals surface area contributed by atoms with Gasteiger partial charge >= 0.3 is 0 Å². The Balaban J connectivity index is 1.74. The molecule has 1 N–H and O–H groups in total. The van der Waals surface area contributed by atoms with E-state index in [4.69, 9.17) is 4.52 Å². The van der Waals surface area contributed by atoms with Crippen LogP contribution in [0.5, 0.6) is 0 Å². The molecule has 0 aliphatic carbocycles. The summed E-state index contributed by atoms with van der Waals surface area (Å²) in [5.41, 5.74) is 2.20. The van der Waals surface area contributed by atoms with Gasteiger partial charge in [-0.25, -0.2) is 0 Å². The molecule has 2 heterocycles. The zero-order valence-corrected chi connectivity index (χ0v) is 11.1. The fraction of sp³-hybridized carbons (Fsp3) is 0.429. The molecule has 1 aromatic carbocycles. The van der Waals surface area contributed by atoms with Crippen molar-refractivity contribution >= 4 is 0 Å². The first-order valence-electron chi connectivity index (χ1n) is 6.64. The predicted molar refractivity (Wildman–Crippen MR) is 72.6 cm³/mol. The molecule has 5 nitrogen and oxygen atoms in total. The lowest BCUT2D eigenvalue weighted by Gasteiger charge is -2.25. The van der Waals surface area contributed by atoms with E-state index in [0.717, 1.165) is 43.9 Å². The number of hydrogen-bond acceptors (Lipinski definition) is 5. The average molecular weight is 258 g/mol. The van der Waals surface area contributed by atoms with Crippen LogP contribution in [0.2, 0.25) is 0 Å². The Hall–Kier alpha value is -1.72. The number of nitrogens with one attached hydrogen (secondary N) is 1. The van der Waals surface area contributed by atoms with E-state index in [9.17, 15) is 0 Å². The fourth-order valence-corrected chi connectivity index (χ4v) is 2.31. The highest BCUT2D eigenvalue weighted by Crippen LogP contribution is 2.20. The third kappa shape index (κ3) is 2.83. The molecule has 1 aliphatic rings. The van der Waals surface area contributed by atoms with E-state index in [0.29, 0.717) is 11.7 Å². The van der Waals surface area contributed by atoms with Crippen molar-refractivity contribution in [3.05, 3.63) is 35.7 Å². The highest BCUT2D eigenvalue weighted by Gasteiger charge is 2.15. The molecule has 100 valence electrons. The molecule has 1 saturated heterocycles. The van der Waals surface area contributed by atoms with Gasteiger partial charge in [0.1, 0.15) is 0 Å². The lowest BCUT2D eigenvalue weighted by atomic mass is 10.1. The molecule has 2 aromatic rings. The van der Waals surface area contributed by atoms with Crippen molar-refractivity contribution in [2.45, 2.75) is 13.5 Å². The fourth-order valence-electron chi connectivity index (χ4n) is 2.31. The Morgan fingerprint density at radius 2 is 2.05 bits per heavy atom. The maximum Gasteiger partial charge on any atom is 0.241 e. The molecule has 0 atom stereocenters. The van der Waals surface area contributed by atoms with Gasteiger partial charge in [0, 0.05) is 31.7 Å². The number of rotatable bonds is 3. The van der Waals surface area contributed by atoms with Crippen LogP contribution in [0.3, 0.4) is 0 Å². The molecule has 5 heteroatoms. The molecule has 0 bridgehead atoms. The lowest BCUT2D eigenvalue weighted by molar-refractivity contribution is 0.203. The third-order valence-electron chi connectivity index (χ3n) is 3.42. The van der Waals surface area contributed by atoms with Crippen LogP contribution in [0, 0.1) is 6.92 Å². The number of nitrogens with zero attached hydrogens (tertiary/aromatic N) is 3. The molecular formula is C14H18N4O. The van der Waals surface area contributed by atoms with E-state index >= 15 is 0 Å². The molecule has 3 rings (SSSR count). The summed E-state index contributed by atoms with van der Waals surface area (Å²) in [6, 6.07) is 8.09. The van der Waals surface area contributed by atoms with Gasteiger partial charge in [-0.2, -0.15) is 4.98 Å². The molecule has 0 saturated carbocycles. The van der Waals surface area contributed by atoms with Gasteiger partial charge < -0.3 is 9.84 Å². The van der Waals surface area contributed by atoms with Crippen molar-refractivity contribution in [1.29, 1.82) is 0 Å². The predicted octanol–water partition coefficient (Wildman–Crippen LogP) is 1.45. The minimum absolute atomic E-state index is 0.684. The van der Waals surface area contributed by atoms with Crippen LogP contribution in [0.15, 0.2) is 28.8 Å². The van der Waals surface area contributed by atoms with Crippen molar-refractivity contribution in [3.63, 3.8) is 0 Å². The van der Waals surface area contributed by atoms with Gasteiger partial charge in [-0.05, 0) is 12.5 Å². The van der Waals surface area contributed by atoms with E-state index in [1.54, 1.807) is 0 Å². The maximum atomic E-state index is 5.35. The summed E-state index contributed by atoms with van der Waals surface area (Å²) in [4.78, 5) is 6.82. The second kappa shape index (κ2) is 5.50. The van der Waals surface area contributed by atoms with E-state index < -0.39 is 0 Å². The zero-order valence-electron chi connectivity index (χ0n) is 11.1. The van der Waals surface area contributed by atoms with Gasteiger partial charge in [-0.3, -0.25) is 4.90 Å². The summed E-state index contributed by atoms with van der Waals surface area (Å²) in [6.07, 6.45) is 0. The molecule has 1 aliphatic heterocycles. The topological polar surface area (TPSA) is 54.2 Å². The van der Waals surface area contributed by atoms with Crippen molar-refractivity contribution in [2.75, 3.05) is 26.2 Å². The van der Waals surface area contributed by atoms with Crippen LogP contribution >= 0.6 is 0 Å². The molecule has 19 heavy (non-hydrogen) atoms. The van der Waals surface area contributed by atoms with Crippen LogP contribution in [0.1, 0.15) is 11.5 Å². The Morgan fingerprint density at radius 3 is 2.84 bits per heavy atom. The monoisotopic (exact) mass is 258 g/mol. The second-order valence-electron chi connectivity index (χ2n) is 4.85. The zero-order chi connectivity index (χ0) is 13.1. The van der Waals surface area contributed by atoms with Crippen LogP contribution in [-0.4, -0.2) is 41.2 Å². The van der Waals surface area contributed by atoms with E-state index in [1.807, 2.05) is 18.2 Å². The Morgan fingerprint density at radius 1 is 1.26 bits per heavy atom. The van der Waals surface area contributed by atoms with Crippen LogP contribution < -0.4 is 5.32 Å². The number of aromatic nitrogens is 2.